The van der Waals surface area contributed by atoms with Crippen molar-refractivity contribution >= 4 is 39.2 Å². The van der Waals surface area contributed by atoms with E-state index >= 15 is 0 Å². The number of ketones is 1. The van der Waals surface area contributed by atoms with Gasteiger partial charge in [-0.25, -0.2) is 12.8 Å². The van der Waals surface area contributed by atoms with Gasteiger partial charge in [-0.3, -0.25) is 14.3 Å². The van der Waals surface area contributed by atoms with Crippen LogP contribution in [0.2, 0.25) is 5.02 Å². The van der Waals surface area contributed by atoms with Gasteiger partial charge < -0.3 is 4.57 Å². The average molecular weight is 579 g/mol. The number of hydrogen-bond acceptors (Lipinski definition) is 6. The second kappa shape index (κ2) is 11.7. The molecule has 0 fully saturated rings. The Morgan fingerprint density at radius 2 is 1.76 bits per heavy atom. The van der Waals surface area contributed by atoms with Gasteiger partial charge in [-0.05, 0) is 68.7 Å². The lowest BCUT2D eigenvalue weighted by atomic mass is 9.89. The fraction of sp³-hybridized carbons (Fsp3) is 0.357. The average Bonchev–Trinajstić information content (AvgIpc) is 2.83. The zero-order valence-electron chi connectivity index (χ0n) is 22.3. The number of nitrogens with one attached hydrogen (secondary N) is 1. The molecule has 38 heavy (non-hydrogen) atoms. The highest BCUT2D eigenvalue weighted by Gasteiger charge is 2.24. The van der Waals surface area contributed by atoms with Crippen LogP contribution in [0.5, 0.6) is 0 Å². The van der Waals surface area contributed by atoms with E-state index in [0.717, 1.165) is 12.1 Å². The van der Waals surface area contributed by atoms with Crippen LogP contribution in [0.3, 0.4) is 0 Å². The molecule has 0 amide bonds. The normalized spacial score (nSPS) is 12.9. The smallest absolute Gasteiger partial charge is 0.250 e. The minimum atomic E-state index is -3.35. The van der Waals surface area contributed by atoms with Gasteiger partial charge in [-0.1, -0.05) is 42.6 Å². The minimum Gasteiger partial charge on any atom is -0.318 e. The zero-order valence-corrected chi connectivity index (χ0v) is 24.7. The van der Waals surface area contributed by atoms with Crippen LogP contribution in [-0.2, 0) is 22.6 Å². The molecule has 1 aromatic heterocycles. The maximum atomic E-state index is 13.7. The standard InChI is InChI=1S/C28H32ClFN2O4S2/c1-7-38(35,36)16-18-8-10-20(27(34)21-11-9-19(30)13-25(21)29)23(12-18)24-15-32(6)26(33)14-22(24)17(2)31-37-28(3,4)5/h8-15,17,31H,7,16H2,1-6H3/t17-/m0/s1. The molecule has 3 rings (SSSR count). The number of aromatic nitrogens is 1. The number of pyridine rings is 1. The van der Waals surface area contributed by atoms with Gasteiger partial charge in [0, 0.05) is 52.5 Å². The van der Waals surface area contributed by atoms with Crippen LogP contribution < -0.4 is 10.3 Å². The molecule has 0 spiro atoms. The highest BCUT2D eigenvalue weighted by molar-refractivity contribution is 7.98. The number of hydrogen-bond donors (Lipinski definition) is 1. The molecule has 2 aromatic carbocycles. The number of nitrogens with zero attached hydrogens (tertiary/aromatic N) is 1. The van der Waals surface area contributed by atoms with Crippen LogP contribution in [0.4, 0.5) is 4.39 Å². The molecular formula is C28H32ClFN2O4S2. The predicted molar refractivity (Wildman–Crippen MR) is 154 cm³/mol. The summed E-state index contributed by atoms with van der Waals surface area (Å²) in [6.07, 6.45) is 1.65. The Balaban J connectivity index is 2.27. The van der Waals surface area contributed by atoms with Gasteiger partial charge in [0.05, 0.1) is 10.8 Å². The number of rotatable bonds is 9. The lowest BCUT2D eigenvalue weighted by Crippen LogP contribution is -2.24. The van der Waals surface area contributed by atoms with Crippen LogP contribution in [0, 0.1) is 5.82 Å². The van der Waals surface area contributed by atoms with E-state index in [-0.39, 0.29) is 44.0 Å². The first-order valence-corrected chi connectivity index (χ1v) is 15.1. The van der Waals surface area contributed by atoms with Crippen molar-refractivity contribution < 1.29 is 17.6 Å². The van der Waals surface area contributed by atoms with Crippen molar-refractivity contribution in [1.82, 2.24) is 9.29 Å². The van der Waals surface area contributed by atoms with Crippen LogP contribution in [-0.4, -0.2) is 29.3 Å². The summed E-state index contributed by atoms with van der Waals surface area (Å²) in [5.74, 6) is -1.23. The lowest BCUT2D eigenvalue weighted by Gasteiger charge is -2.24. The van der Waals surface area contributed by atoms with E-state index in [1.807, 2.05) is 6.92 Å². The topological polar surface area (TPSA) is 85.2 Å². The molecule has 0 aliphatic carbocycles. The third-order valence-electron chi connectivity index (χ3n) is 5.89. The maximum Gasteiger partial charge on any atom is 0.250 e. The fourth-order valence-electron chi connectivity index (χ4n) is 3.83. The molecule has 1 atom stereocenters. The number of aryl methyl sites for hydroxylation is 1. The second-order valence-corrected chi connectivity index (χ2v) is 14.6. The van der Waals surface area contributed by atoms with E-state index in [9.17, 15) is 22.4 Å². The summed E-state index contributed by atoms with van der Waals surface area (Å²) >= 11 is 7.74. The van der Waals surface area contributed by atoms with Crippen molar-refractivity contribution in [3.63, 3.8) is 0 Å². The van der Waals surface area contributed by atoms with Gasteiger partial charge in [-0.15, -0.1) is 0 Å². The first-order valence-electron chi connectivity index (χ1n) is 12.1. The number of sulfone groups is 1. The Hall–Kier alpha value is -2.46. The molecule has 3 aromatic rings. The molecule has 0 aliphatic heterocycles. The molecule has 1 heterocycles. The fourth-order valence-corrected chi connectivity index (χ4v) is 5.63. The third-order valence-corrected chi connectivity index (χ3v) is 8.94. The predicted octanol–water partition coefficient (Wildman–Crippen LogP) is 6.11. The molecule has 204 valence electrons. The first-order chi connectivity index (χ1) is 17.6. The van der Waals surface area contributed by atoms with Crippen LogP contribution >= 0.6 is 23.5 Å². The molecule has 0 aliphatic rings. The molecule has 0 unspecified atom stereocenters. The van der Waals surface area contributed by atoms with E-state index in [0.29, 0.717) is 22.3 Å². The largest absolute Gasteiger partial charge is 0.318 e. The molecule has 10 heteroatoms. The number of carbonyl (C=O) groups excluding carboxylic acids is 1. The highest BCUT2D eigenvalue weighted by atomic mass is 35.5. The van der Waals surface area contributed by atoms with Crippen molar-refractivity contribution in [2.75, 3.05) is 5.75 Å². The molecule has 1 N–H and O–H groups in total. The van der Waals surface area contributed by atoms with Crippen molar-refractivity contribution in [1.29, 1.82) is 0 Å². The van der Waals surface area contributed by atoms with E-state index in [1.54, 1.807) is 38.4 Å². The monoisotopic (exact) mass is 578 g/mol. The van der Waals surface area contributed by atoms with Crippen molar-refractivity contribution in [2.24, 2.45) is 7.05 Å². The summed E-state index contributed by atoms with van der Waals surface area (Å²) in [5, 5.41) is -0.0316. The maximum absolute atomic E-state index is 13.7. The van der Waals surface area contributed by atoms with Gasteiger partial charge >= 0.3 is 0 Å². The summed E-state index contributed by atoms with van der Waals surface area (Å²) in [7, 11) is -1.74. The minimum absolute atomic E-state index is 0.0235. The SMILES string of the molecule is CCS(=O)(=O)Cc1ccc(C(=O)c2ccc(F)cc2Cl)c(-c2cn(C)c(=O)cc2[C@H](C)NSC(C)(C)C)c1. The van der Waals surface area contributed by atoms with Crippen LogP contribution in [0.15, 0.2) is 53.5 Å². The Kier molecular flexibility index (Phi) is 9.29. The number of halogens is 2. The molecule has 0 bridgehead atoms. The van der Waals surface area contributed by atoms with E-state index in [1.165, 1.54) is 28.6 Å². The molecular weight excluding hydrogens is 547 g/mol. The Labute approximate surface area is 232 Å². The third kappa shape index (κ3) is 7.34. The summed E-state index contributed by atoms with van der Waals surface area (Å²) in [5.41, 5.74) is 2.36. The number of carbonyl (C=O) groups is 1. The Bertz CT molecular complexity index is 1530. The summed E-state index contributed by atoms with van der Waals surface area (Å²) in [4.78, 5) is 26.4. The van der Waals surface area contributed by atoms with Crippen LogP contribution in [0.1, 0.15) is 67.7 Å². The number of benzene rings is 2. The van der Waals surface area contributed by atoms with Gasteiger partial charge in [-0.2, -0.15) is 0 Å². The molecule has 0 radical (unpaired) electrons. The molecule has 0 saturated carbocycles. The van der Waals surface area contributed by atoms with Crippen molar-refractivity contribution in [3.8, 4) is 11.1 Å². The lowest BCUT2D eigenvalue weighted by molar-refractivity contribution is 0.103. The van der Waals surface area contributed by atoms with Crippen LogP contribution in [0.25, 0.3) is 11.1 Å². The quantitative estimate of drug-likeness (QED) is 0.244. The Morgan fingerprint density at radius 3 is 2.37 bits per heavy atom. The van der Waals surface area contributed by atoms with Gasteiger partial charge in [0.2, 0.25) is 0 Å². The summed E-state index contributed by atoms with van der Waals surface area (Å²) < 4.78 is 43.2. The van der Waals surface area contributed by atoms with Crippen molar-refractivity contribution in [3.05, 3.63) is 92.1 Å². The molecule has 0 saturated heterocycles. The van der Waals surface area contributed by atoms with E-state index < -0.39 is 21.4 Å². The summed E-state index contributed by atoms with van der Waals surface area (Å²) in [6, 6.07) is 9.62. The summed E-state index contributed by atoms with van der Waals surface area (Å²) in [6.45, 7) is 9.67. The van der Waals surface area contributed by atoms with Gasteiger partial charge in [0.25, 0.3) is 5.56 Å². The van der Waals surface area contributed by atoms with Crippen molar-refractivity contribution in [2.45, 2.75) is 51.2 Å². The first kappa shape index (κ1) is 30.1. The van der Waals surface area contributed by atoms with Gasteiger partial charge in [0.1, 0.15) is 5.82 Å². The highest BCUT2D eigenvalue weighted by Crippen LogP contribution is 2.35. The van der Waals surface area contributed by atoms with E-state index in [2.05, 4.69) is 25.5 Å². The zero-order chi connectivity index (χ0) is 28.4. The molecule has 6 nitrogen and oxygen atoms in total. The van der Waals surface area contributed by atoms with Gasteiger partial charge in [0.15, 0.2) is 15.6 Å². The second-order valence-electron chi connectivity index (χ2n) is 10.2. The van der Waals surface area contributed by atoms with E-state index in [4.69, 9.17) is 11.6 Å². The Morgan fingerprint density at radius 1 is 1.11 bits per heavy atom.